The second-order valence-corrected chi connectivity index (χ2v) is 5.11. The van der Waals surface area contributed by atoms with Gasteiger partial charge >= 0.3 is 5.97 Å². The zero-order valence-electron chi connectivity index (χ0n) is 9.11. The lowest BCUT2D eigenvalue weighted by atomic mass is 9.92. The van der Waals surface area contributed by atoms with Crippen molar-refractivity contribution in [2.24, 2.45) is 0 Å². The van der Waals surface area contributed by atoms with E-state index in [-0.39, 0.29) is 12.8 Å². The zero-order chi connectivity index (χ0) is 12.2. The van der Waals surface area contributed by atoms with E-state index < -0.39 is 11.6 Å². The third-order valence-electron chi connectivity index (χ3n) is 2.38. The van der Waals surface area contributed by atoms with Crippen LogP contribution in [0.1, 0.15) is 25.3 Å². The molecule has 0 aromatic heterocycles. The Kier molecular flexibility index (Phi) is 4.50. The number of rotatable bonds is 5. The summed E-state index contributed by atoms with van der Waals surface area (Å²) in [6, 6.07) is 7.64. The molecule has 0 amide bonds. The summed E-state index contributed by atoms with van der Waals surface area (Å²) >= 11 is 3.33. The number of aliphatic hydroxyl groups is 1. The zero-order valence-corrected chi connectivity index (χ0v) is 10.7. The molecule has 3 nitrogen and oxygen atoms in total. The standard InChI is InChI=1S/C12H15BrO3/c1-12(16,7-6-11(14)15)8-9-2-4-10(13)5-3-9/h2-5,16H,6-8H2,1H3,(H,14,15). The van der Waals surface area contributed by atoms with Crippen molar-refractivity contribution in [3.63, 3.8) is 0 Å². The minimum absolute atomic E-state index is 0.0104. The second kappa shape index (κ2) is 5.46. The number of aliphatic carboxylic acids is 1. The van der Waals surface area contributed by atoms with E-state index in [1.807, 2.05) is 24.3 Å². The van der Waals surface area contributed by atoms with Gasteiger partial charge in [-0.2, -0.15) is 0 Å². The molecule has 1 aromatic rings. The molecule has 1 atom stereocenters. The molecule has 0 saturated heterocycles. The van der Waals surface area contributed by atoms with Gasteiger partial charge in [-0.3, -0.25) is 4.79 Å². The predicted molar refractivity (Wildman–Crippen MR) is 65.3 cm³/mol. The Bertz CT molecular complexity index is 357. The van der Waals surface area contributed by atoms with E-state index in [1.54, 1.807) is 6.92 Å². The van der Waals surface area contributed by atoms with Gasteiger partial charge < -0.3 is 10.2 Å². The van der Waals surface area contributed by atoms with Gasteiger partial charge in [-0.15, -0.1) is 0 Å². The van der Waals surface area contributed by atoms with Gasteiger partial charge in [0.05, 0.1) is 5.60 Å². The maximum absolute atomic E-state index is 10.4. The summed E-state index contributed by atoms with van der Waals surface area (Å²) in [5.74, 6) is -0.879. The third-order valence-corrected chi connectivity index (χ3v) is 2.90. The van der Waals surface area contributed by atoms with Crippen molar-refractivity contribution in [2.45, 2.75) is 31.8 Å². The first kappa shape index (κ1) is 13.2. The van der Waals surface area contributed by atoms with E-state index in [0.29, 0.717) is 6.42 Å². The molecule has 0 aliphatic rings. The molecule has 16 heavy (non-hydrogen) atoms. The van der Waals surface area contributed by atoms with Crippen LogP contribution in [0.4, 0.5) is 0 Å². The Morgan fingerprint density at radius 1 is 1.38 bits per heavy atom. The van der Waals surface area contributed by atoms with E-state index in [9.17, 15) is 9.90 Å². The van der Waals surface area contributed by atoms with Crippen LogP contribution in [0, 0.1) is 0 Å². The fourth-order valence-corrected chi connectivity index (χ4v) is 1.77. The molecule has 1 aromatic carbocycles. The van der Waals surface area contributed by atoms with Crippen LogP contribution in [0.3, 0.4) is 0 Å². The smallest absolute Gasteiger partial charge is 0.303 e. The Hall–Kier alpha value is -0.870. The number of benzene rings is 1. The van der Waals surface area contributed by atoms with Gasteiger partial charge in [0.2, 0.25) is 0 Å². The normalized spacial score (nSPS) is 14.4. The Balaban J connectivity index is 2.57. The fourth-order valence-electron chi connectivity index (χ4n) is 1.51. The molecule has 0 heterocycles. The van der Waals surface area contributed by atoms with Crippen molar-refractivity contribution < 1.29 is 15.0 Å². The number of halogens is 1. The lowest BCUT2D eigenvalue weighted by Gasteiger charge is -2.22. The van der Waals surface area contributed by atoms with Crippen molar-refractivity contribution in [1.82, 2.24) is 0 Å². The summed E-state index contributed by atoms with van der Waals surface area (Å²) in [7, 11) is 0. The molecule has 88 valence electrons. The highest BCUT2D eigenvalue weighted by Gasteiger charge is 2.21. The van der Waals surface area contributed by atoms with Gasteiger partial charge in [-0.1, -0.05) is 28.1 Å². The first-order valence-corrected chi connectivity index (χ1v) is 5.87. The highest BCUT2D eigenvalue weighted by Crippen LogP contribution is 2.20. The van der Waals surface area contributed by atoms with Crippen molar-refractivity contribution in [2.75, 3.05) is 0 Å². The Morgan fingerprint density at radius 3 is 2.44 bits per heavy atom. The fraction of sp³-hybridized carbons (Fsp3) is 0.417. The maximum atomic E-state index is 10.4. The third kappa shape index (κ3) is 4.77. The molecule has 0 aliphatic carbocycles. The first-order chi connectivity index (χ1) is 7.39. The molecule has 0 fully saturated rings. The highest BCUT2D eigenvalue weighted by molar-refractivity contribution is 9.10. The Morgan fingerprint density at radius 2 is 1.94 bits per heavy atom. The average molecular weight is 287 g/mol. The van der Waals surface area contributed by atoms with Gasteiger partial charge in [0, 0.05) is 17.3 Å². The number of hydrogen-bond donors (Lipinski definition) is 2. The first-order valence-electron chi connectivity index (χ1n) is 5.08. The van der Waals surface area contributed by atoms with Crippen LogP contribution in [-0.2, 0) is 11.2 Å². The molecule has 1 rings (SSSR count). The van der Waals surface area contributed by atoms with Crippen LogP contribution in [0.5, 0.6) is 0 Å². The van der Waals surface area contributed by atoms with Crippen LogP contribution in [0.2, 0.25) is 0 Å². The van der Waals surface area contributed by atoms with Crippen LogP contribution < -0.4 is 0 Å². The van der Waals surface area contributed by atoms with Crippen LogP contribution in [0.25, 0.3) is 0 Å². The summed E-state index contributed by atoms with van der Waals surface area (Å²) in [4.78, 5) is 10.4. The van der Waals surface area contributed by atoms with Gasteiger partial charge in [-0.05, 0) is 31.0 Å². The maximum Gasteiger partial charge on any atom is 0.303 e. The van der Waals surface area contributed by atoms with Crippen molar-refractivity contribution >= 4 is 21.9 Å². The molecule has 2 N–H and O–H groups in total. The number of carboxylic acid groups (broad SMARTS) is 1. The van der Waals surface area contributed by atoms with Crippen LogP contribution >= 0.6 is 15.9 Å². The highest BCUT2D eigenvalue weighted by atomic mass is 79.9. The molecule has 0 aliphatic heterocycles. The van der Waals surface area contributed by atoms with Crippen LogP contribution in [-0.4, -0.2) is 21.8 Å². The monoisotopic (exact) mass is 286 g/mol. The van der Waals surface area contributed by atoms with E-state index in [0.717, 1.165) is 10.0 Å². The number of carboxylic acids is 1. The van der Waals surface area contributed by atoms with Crippen molar-refractivity contribution in [3.8, 4) is 0 Å². The SMILES string of the molecule is CC(O)(CCC(=O)O)Cc1ccc(Br)cc1. The van der Waals surface area contributed by atoms with E-state index in [2.05, 4.69) is 15.9 Å². The molecule has 1 unspecified atom stereocenters. The average Bonchev–Trinajstić information content (AvgIpc) is 2.19. The molecule has 0 radical (unpaired) electrons. The minimum Gasteiger partial charge on any atom is -0.481 e. The summed E-state index contributed by atoms with van der Waals surface area (Å²) in [6.45, 7) is 1.66. The topological polar surface area (TPSA) is 57.5 Å². The lowest BCUT2D eigenvalue weighted by molar-refractivity contribution is -0.138. The molecule has 0 spiro atoms. The molecular formula is C12H15BrO3. The van der Waals surface area contributed by atoms with Gasteiger partial charge in [-0.25, -0.2) is 0 Å². The van der Waals surface area contributed by atoms with E-state index >= 15 is 0 Å². The quantitative estimate of drug-likeness (QED) is 0.875. The second-order valence-electron chi connectivity index (χ2n) is 4.19. The summed E-state index contributed by atoms with van der Waals surface area (Å²) in [5, 5.41) is 18.6. The van der Waals surface area contributed by atoms with Crippen molar-refractivity contribution in [3.05, 3.63) is 34.3 Å². The largest absolute Gasteiger partial charge is 0.481 e. The summed E-state index contributed by atoms with van der Waals surface area (Å²) in [6.07, 6.45) is 0.718. The number of hydrogen-bond acceptors (Lipinski definition) is 2. The molecule has 4 heteroatoms. The van der Waals surface area contributed by atoms with Crippen LogP contribution in [0.15, 0.2) is 28.7 Å². The molecule has 0 saturated carbocycles. The lowest BCUT2D eigenvalue weighted by Crippen LogP contribution is -2.28. The van der Waals surface area contributed by atoms with Gasteiger partial charge in [0.15, 0.2) is 0 Å². The number of carbonyl (C=O) groups is 1. The molecular weight excluding hydrogens is 272 g/mol. The van der Waals surface area contributed by atoms with Crippen molar-refractivity contribution in [1.29, 1.82) is 0 Å². The summed E-state index contributed by atoms with van der Waals surface area (Å²) < 4.78 is 0.987. The van der Waals surface area contributed by atoms with E-state index in [1.165, 1.54) is 0 Å². The Labute approximate surface area is 103 Å². The minimum atomic E-state index is -0.966. The summed E-state index contributed by atoms with van der Waals surface area (Å²) in [5.41, 5.74) is 0.0326. The molecule has 0 bridgehead atoms. The van der Waals surface area contributed by atoms with E-state index in [4.69, 9.17) is 5.11 Å². The van der Waals surface area contributed by atoms with Gasteiger partial charge in [0.1, 0.15) is 0 Å². The predicted octanol–water partition coefficient (Wildman–Crippen LogP) is 2.61. The van der Waals surface area contributed by atoms with Gasteiger partial charge in [0.25, 0.3) is 0 Å².